The summed E-state index contributed by atoms with van der Waals surface area (Å²) in [6.45, 7) is 3.59. The summed E-state index contributed by atoms with van der Waals surface area (Å²) in [5.41, 5.74) is 0.236. The van der Waals surface area contributed by atoms with Crippen LogP contribution in [0.1, 0.15) is 152 Å². The molecule has 0 saturated heterocycles. The van der Waals surface area contributed by atoms with Gasteiger partial charge in [0, 0.05) is 45.3 Å². The number of hydrogen-bond acceptors (Lipinski definition) is 14. The second-order valence-electron chi connectivity index (χ2n) is 17.0. The third-order valence-corrected chi connectivity index (χ3v) is 11.2. The van der Waals surface area contributed by atoms with E-state index in [2.05, 4.69) is 16.0 Å². The van der Waals surface area contributed by atoms with Gasteiger partial charge < -0.3 is 55.0 Å². The minimum atomic E-state index is -1.28. The van der Waals surface area contributed by atoms with Gasteiger partial charge in [-0.3, -0.25) is 28.8 Å². The molecular weight excluding hydrogens is 899 g/mol. The fraction of sp³-hybridized carbons (Fsp3) is 0.720. The Kier molecular flexibility index (Phi) is 37.0. The largest absolute Gasteiger partial charge is 0.494 e. The topological polar surface area (TPSA) is 279 Å². The average molecular weight is 980 g/mol. The zero-order chi connectivity index (χ0) is 50.9. The maximum Gasteiger partial charge on any atom is 0.335 e. The third-order valence-electron chi connectivity index (χ3n) is 11.2. The van der Waals surface area contributed by atoms with E-state index >= 15 is 0 Å². The number of amides is 2. The van der Waals surface area contributed by atoms with E-state index in [1.54, 1.807) is 19.2 Å². The van der Waals surface area contributed by atoms with Crippen LogP contribution in [0.4, 0.5) is 0 Å². The number of carbonyl (C=O) groups excluding carboxylic acids is 5. The van der Waals surface area contributed by atoms with Gasteiger partial charge in [-0.1, -0.05) is 58.3 Å². The number of hydrogen-bond donors (Lipinski definition) is 6. The maximum absolute atomic E-state index is 12.4. The van der Waals surface area contributed by atoms with Crippen LogP contribution in [-0.2, 0) is 52.5 Å². The second-order valence-corrected chi connectivity index (χ2v) is 17.0. The number of carboxylic acid groups (broad SMARTS) is 3. The lowest BCUT2D eigenvalue weighted by atomic mass is 9.92. The van der Waals surface area contributed by atoms with Crippen LogP contribution in [0.25, 0.3) is 0 Å². The summed E-state index contributed by atoms with van der Waals surface area (Å²) < 4.78 is 27.1. The number of unbranched alkanes of at least 4 members (excludes halogenated alkanes) is 8. The van der Waals surface area contributed by atoms with Crippen LogP contribution in [-0.4, -0.2) is 148 Å². The molecule has 0 spiro atoms. The normalized spacial score (nSPS) is 12.4. The molecule has 1 aromatic rings. The van der Waals surface area contributed by atoms with Crippen LogP contribution >= 0.6 is 0 Å². The van der Waals surface area contributed by atoms with Crippen molar-refractivity contribution in [2.24, 2.45) is 5.92 Å². The average Bonchev–Trinajstić information content (AvgIpc) is 3.32. The first-order valence-corrected chi connectivity index (χ1v) is 24.8. The molecule has 1 aromatic carbocycles. The lowest BCUT2D eigenvalue weighted by Gasteiger charge is -2.16. The lowest BCUT2D eigenvalue weighted by molar-refractivity contribution is -0.143. The van der Waals surface area contributed by atoms with Crippen molar-refractivity contribution in [3.63, 3.8) is 0 Å². The van der Waals surface area contributed by atoms with Crippen molar-refractivity contribution < 1.29 is 77.4 Å². The Hall–Kier alpha value is -4.82. The van der Waals surface area contributed by atoms with Gasteiger partial charge in [-0.25, -0.2) is 9.59 Å². The number of likely N-dealkylation sites (N-methyl/N-ethyl adjacent to an activating group) is 1. The van der Waals surface area contributed by atoms with Crippen molar-refractivity contribution in [2.45, 2.75) is 154 Å². The summed E-state index contributed by atoms with van der Waals surface area (Å²) >= 11 is 0. The molecule has 0 radical (unpaired) electrons. The number of nitrogens with one attached hydrogen (secondary N) is 3. The predicted molar refractivity (Wildman–Crippen MR) is 256 cm³/mol. The van der Waals surface area contributed by atoms with E-state index in [1.807, 2.05) is 6.92 Å². The van der Waals surface area contributed by atoms with Crippen molar-refractivity contribution in [2.75, 3.05) is 73.1 Å². The molecule has 0 saturated carbocycles. The number of carbonyl (C=O) groups is 8. The minimum Gasteiger partial charge on any atom is -0.494 e. The van der Waals surface area contributed by atoms with E-state index in [4.69, 9.17) is 28.8 Å². The Morgan fingerprint density at radius 2 is 1.09 bits per heavy atom. The molecule has 2 amide bonds. The number of rotatable bonds is 48. The predicted octanol–water partition coefficient (Wildman–Crippen LogP) is 5.72. The first kappa shape index (κ1) is 62.2. The van der Waals surface area contributed by atoms with E-state index < -0.39 is 42.4 Å². The van der Waals surface area contributed by atoms with E-state index in [-0.39, 0.29) is 107 Å². The number of ether oxygens (including phenoxy) is 5. The quantitative estimate of drug-likeness (QED) is 0.0426. The van der Waals surface area contributed by atoms with Crippen molar-refractivity contribution in [1.29, 1.82) is 0 Å². The van der Waals surface area contributed by atoms with Gasteiger partial charge in [-0.05, 0) is 82.7 Å². The molecule has 0 aliphatic rings. The Bertz CT molecular complexity index is 1630. The first-order chi connectivity index (χ1) is 33.3. The van der Waals surface area contributed by atoms with Crippen molar-refractivity contribution >= 4 is 47.1 Å². The first-order valence-electron chi connectivity index (χ1n) is 24.8. The van der Waals surface area contributed by atoms with Crippen molar-refractivity contribution in [3.8, 4) is 5.75 Å². The van der Waals surface area contributed by atoms with Gasteiger partial charge in [0.05, 0.1) is 57.2 Å². The number of aliphatic carboxylic acids is 2. The summed E-state index contributed by atoms with van der Waals surface area (Å²) in [6, 6.07) is 4.86. The molecule has 0 bridgehead atoms. The molecule has 3 atom stereocenters. The molecule has 0 aromatic heterocycles. The molecule has 19 nitrogen and oxygen atoms in total. The van der Waals surface area contributed by atoms with Gasteiger partial charge in [0.2, 0.25) is 11.8 Å². The van der Waals surface area contributed by atoms with Gasteiger partial charge in [-0.2, -0.15) is 0 Å². The summed E-state index contributed by atoms with van der Waals surface area (Å²) in [7, 11) is 1.72. The highest BCUT2D eigenvalue weighted by Crippen LogP contribution is 2.19. The molecule has 0 fully saturated rings. The van der Waals surface area contributed by atoms with Crippen molar-refractivity contribution in [3.05, 3.63) is 29.8 Å². The van der Waals surface area contributed by atoms with Gasteiger partial charge in [-0.15, -0.1) is 0 Å². The zero-order valence-corrected chi connectivity index (χ0v) is 41.1. The molecular formula is C50H81N3O16. The van der Waals surface area contributed by atoms with Gasteiger partial charge in [0.15, 0.2) is 0 Å². The molecule has 19 heteroatoms. The molecule has 0 heterocycles. The van der Waals surface area contributed by atoms with Crippen LogP contribution in [0, 0.1) is 5.92 Å². The highest BCUT2D eigenvalue weighted by atomic mass is 16.5. The molecule has 0 unspecified atom stereocenters. The number of carboxylic acids is 3. The van der Waals surface area contributed by atoms with E-state index in [9.17, 15) is 48.6 Å². The molecule has 392 valence electrons. The monoisotopic (exact) mass is 980 g/mol. The SMILES string of the molecule is CCC[C@H](NC)C(=O)CC[C@@H](CCCCCC(=O)CC[C@H](NC(=O)COCCOCCNC(=O)COCCOCCCC(=O)CCCCCCCCCOc1ccc(C(=O)O)cc1)C(=O)O)C(=O)O. The van der Waals surface area contributed by atoms with E-state index in [1.165, 1.54) is 12.1 Å². The van der Waals surface area contributed by atoms with Gasteiger partial charge in [0.25, 0.3) is 0 Å². The number of aromatic carboxylic acids is 1. The molecule has 0 aliphatic heterocycles. The Labute approximate surface area is 407 Å². The fourth-order valence-corrected chi connectivity index (χ4v) is 7.22. The summed E-state index contributed by atoms with van der Waals surface area (Å²) in [5, 5.41) is 36.0. The second kappa shape index (κ2) is 41.0. The summed E-state index contributed by atoms with van der Waals surface area (Å²) in [6.07, 6.45) is 13.1. The molecule has 6 N–H and O–H groups in total. The highest BCUT2D eigenvalue weighted by molar-refractivity contribution is 5.88. The molecule has 69 heavy (non-hydrogen) atoms. The smallest absolute Gasteiger partial charge is 0.335 e. The molecule has 0 aliphatic carbocycles. The highest BCUT2D eigenvalue weighted by Gasteiger charge is 2.23. The number of Topliss-reactive ketones (excluding diaryl/α,β-unsaturated/α-hetero) is 3. The number of ketones is 3. The minimum absolute atomic E-state index is 0.0115. The summed E-state index contributed by atoms with van der Waals surface area (Å²) in [4.78, 5) is 95.5. The standard InChI is InChI=1S/C50H81N3O16/c1-3-15-43(51-2)45(56)27-22-38(48(59)60)16-10-9-12-18-41(55)23-26-44(50(63)64)53-47(58)37-68-35-33-66-31-28-52-46(57)36-67-34-32-65-29-14-19-40(54)17-11-7-5-4-6-8-13-30-69-42-24-20-39(21-25-42)49(61)62/h20-21,24-25,38,43-44,51H,3-19,22-23,26-37H2,1-2H3,(H,52,57)(H,53,58)(H,59,60)(H,61,62)(H,63,64)/t38-,43+,44+/m1/s1. The van der Waals surface area contributed by atoms with E-state index in [0.29, 0.717) is 76.9 Å². The van der Waals surface area contributed by atoms with Crippen LogP contribution < -0.4 is 20.7 Å². The third kappa shape index (κ3) is 34.2. The lowest BCUT2D eigenvalue weighted by Crippen LogP contribution is -2.42. The Morgan fingerprint density at radius 3 is 1.70 bits per heavy atom. The van der Waals surface area contributed by atoms with Gasteiger partial charge >= 0.3 is 17.9 Å². The van der Waals surface area contributed by atoms with Crippen LogP contribution in [0.2, 0.25) is 0 Å². The summed E-state index contributed by atoms with van der Waals surface area (Å²) in [5.74, 6) is -4.03. The fourth-order valence-electron chi connectivity index (χ4n) is 7.22. The van der Waals surface area contributed by atoms with Crippen molar-refractivity contribution in [1.82, 2.24) is 16.0 Å². The Morgan fingerprint density at radius 1 is 0.522 bits per heavy atom. The van der Waals surface area contributed by atoms with Crippen LogP contribution in [0.3, 0.4) is 0 Å². The Balaban J connectivity index is 1.96. The van der Waals surface area contributed by atoms with Crippen LogP contribution in [0.5, 0.6) is 5.75 Å². The molecule has 1 rings (SSSR count). The zero-order valence-electron chi connectivity index (χ0n) is 41.1. The van der Waals surface area contributed by atoms with Gasteiger partial charge in [0.1, 0.15) is 42.4 Å². The number of benzene rings is 1. The van der Waals surface area contributed by atoms with E-state index in [0.717, 1.165) is 51.4 Å². The maximum atomic E-state index is 12.4. The van der Waals surface area contributed by atoms with Crippen LogP contribution in [0.15, 0.2) is 24.3 Å².